The molecule has 0 spiro atoms. The number of carbonyl (C=O) groups excluding carboxylic acids is 1. The minimum absolute atomic E-state index is 0.0183. The van der Waals surface area contributed by atoms with Gasteiger partial charge in [-0.1, -0.05) is 6.07 Å². The second-order valence-electron chi connectivity index (χ2n) is 8.60. The third kappa shape index (κ3) is 7.72. The molecule has 0 aliphatic heterocycles. The molecule has 0 unspecified atom stereocenters. The van der Waals surface area contributed by atoms with Crippen LogP contribution in [0.4, 0.5) is 27.9 Å². The number of hydrogen-bond donors (Lipinski definition) is 2. The van der Waals surface area contributed by atoms with Crippen molar-refractivity contribution >= 4 is 17.8 Å². The predicted molar refractivity (Wildman–Crippen MR) is 124 cm³/mol. The van der Waals surface area contributed by atoms with E-state index in [1.54, 1.807) is 18.5 Å². The molecule has 2 N–H and O–H groups in total. The van der Waals surface area contributed by atoms with Gasteiger partial charge in [-0.05, 0) is 30.9 Å². The van der Waals surface area contributed by atoms with Crippen LogP contribution in [0.15, 0.2) is 42.9 Å². The molecule has 1 aliphatic rings. The van der Waals surface area contributed by atoms with Crippen molar-refractivity contribution < 1.29 is 36.6 Å². The monoisotopic (exact) mass is 525 g/mol. The Kier molecular flexibility index (Phi) is 8.46. The largest absolute Gasteiger partial charge is 0.490 e. The van der Waals surface area contributed by atoms with Gasteiger partial charge in [0.1, 0.15) is 17.3 Å². The van der Waals surface area contributed by atoms with Crippen molar-refractivity contribution in [1.82, 2.24) is 19.9 Å². The molecule has 1 saturated carbocycles. The van der Waals surface area contributed by atoms with E-state index >= 15 is 0 Å². The molecular formula is C24H24F5N5O3. The van der Waals surface area contributed by atoms with Crippen LogP contribution in [0.2, 0.25) is 0 Å². The highest BCUT2D eigenvalue weighted by molar-refractivity contribution is 5.94. The van der Waals surface area contributed by atoms with Gasteiger partial charge in [0.05, 0.1) is 0 Å². The van der Waals surface area contributed by atoms with E-state index in [0.717, 1.165) is 36.6 Å². The summed E-state index contributed by atoms with van der Waals surface area (Å²) in [6.07, 6.45) is 2.61. The van der Waals surface area contributed by atoms with Crippen molar-refractivity contribution in [2.75, 3.05) is 19.0 Å². The van der Waals surface area contributed by atoms with E-state index in [-0.39, 0.29) is 18.0 Å². The Morgan fingerprint density at radius 2 is 1.73 bits per heavy atom. The molecule has 1 fully saturated rings. The van der Waals surface area contributed by atoms with Crippen LogP contribution >= 0.6 is 0 Å². The van der Waals surface area contributed by atoms with Crippen LogP contribution in [0.5, 0.6) is 0 Å². The predicted octanol–water partition coefficient (Wildman–Crippen LogP) is 4.26. The van der Waals surface area contributed by atoms with Gasteiger partial charge in [-0.2, -0.15) is 13.2 Å². The average molecular weight is 525 g/mol. The number of aliphatic carboxylic acids is 1. The van der Waals surface area contributed by atoms with Gasteiger partial charge < -0.3 is 19.9 Å². The Balaban J connectivity index is 0.000000479. The number of aromatic nitrogens is 3. The van der Waals surface area contributed by atoms with Crippen molar-refractivity contribution in [2.45, 2.75) is 32.1 Å². The van der Waals surface area contributed by atoms with E-state index in [9.17, 15) is 26.7 Å². The Bertz CT molecular complexity index is 1250. The van der Waals surface area contributed by atoms with Crippen LogP contribution in [-0.2, 0) is 17.9 Å². The number of nitrogens with one attached hydrogen (secondary N) is 1. The number of hydrogen-bond acceptors (Lipinski definition) is 5. The number of alkyl halides is 3. The van der Waals surface area contributed by atoms with Gasteiger partial charge in [0.25, 0.3) is 5.91 Å². The van der Waals surface area contributed by atoms with E-state index in [1.165, 1.54) is 12.1 Å². The fraction of sp³-hybridized carbons (Fsp3) is 0.333. The Hall–Kier alpha value is -4.03. The van der Waals surface area contributed by atoms with Crippen molar-refractivity contribution in [3.63, 3.8) is 0 Å². The molecule has 3 aromatic rings. The molecule has 0 saturated heterocycles. The first kappa shape index (κ1) is 27.6. The van der Waals surface area contributed by atoms with Gasteiger partial charge in [0, 0.05) is 68.5 Å². The van der Waals surface area contributed by atoms with Crippen LogP contribution in [0, 0.1) is 17.6 Å². The fourth-order valence-electron chi connectivity index (χ4n) is 3.22. The number of carboxylic acids is 1. The molecule has 1 aliphatic carbocycles. The molecule has 2 heterocycles. The molecule has 1 aromatic carbocycles. The van der Waals surface area contributed by atoms with Crippen LogP contribution in [0.25, 0.3) is 11.1 Å². The van der Waals surface area contributed by atoms with Crippen molar-refractivity contribution in [1.29, 1.82) is 0 Å². The number of benzene rings is 1. The second-order valence-corrected chi connectivity index (χ2v) is 8.60. The maximum atomic E-state index is 13.9. The third-order valence-corrected chi connectivity index (χ3v) is 5.35. The summed E-state index contributed by atoms with van der Waals surface area (Å²) >= 11 is 0. The first-order valence-electron chi connectivity index (χ1n) is 11.1. The zero-order valence-corrected chi connectivity index (χ0v) is 19.9. The highest BCUT2D eigenvalue weighted by Crippen LogP contribution is 2.32. The third-order valence-electron chi connectivity index (χ3n) is 5.35. The summed E-state index contributed by atoms with van der Waals surface area (Å²) in [7, 11) is 3.74. The molecule has 0 atom stereocenters. The van der Waals surface area contributed by atoms with Crippen LogP contribution in [-0.4, -0.2) is 51.8 Å². The van der Waals surface area contributed by atoms with Gasteiger partial charge in [-0.15, -0.1) is 0 Å². The number of anilines is 1. The lowest BCUT2D eigenvalue weighted by molar-refractivity contribution is -0.192. The summed E-state index contributed by atoms with van der Waals surface area (Å²) in [5, 5.41) is 9.86. The van der Waals surface area contributed by atoms with Crippen molar-refractivity contribution in [2.24, 2.45) is 5.92 Å². The second kappa shape index (κ2) is 11.4. The molecule has 2 aromatic heterocycles. The van der Waals surface area contributed by atoms with E-state index in [1.807, 2.05) is 29.8 Å². The Morgan fingerprint density at radius 1 is 1.11 bits per heavy atom. The number of nitrogens with zero attached hydrogens (tertiary/aromatic N) is 4. The SMILES string of the molecule is CN(C)c1ncc(-c2cc(C(=O)NCc3ccc(F)cc3F)n(CC3CC3)c2)cn1.O=C(O)C(F)(F)F. The van der Waals surface area contributed by atoms with E-state index in [0.29, 0.717) is 17.6 Å². The molecule has 0 bridgehead atoms. The first-order chi connectivity index (χ1) is 17.3. The number of halogens is 5. The Morgan fingerprint density at radius 3 is 2.24 bits per heavy atom. The minimum atomic E-state index is -5.08. The van der Waals surface area contributed by atoms with E-state index in [4.69, 9.17) is 9.90 Å². The smallest absolute Gasteiger partial charge is 0.475 e. The lowest BCUT2D eigenvalue weighted by atomic mass is 10.2. The van der Waals surface area contributed by atoms with Crippen molar-refractivity contribution in [3.05, 3.63) is 65.7 Å². The molecule has 1 amide bonds. The summed E-state index contributed by atoms with van der Waals surface area (Å²) in [5.74, 6) is -3.21. The summed E-state index contributed by atoms with van der Waals surface area (Å²) in [5.41, 5.74) is 2.39. The standard InChI is InChI=1S/C22H23F2N5O.C2HF3O2/c1-28(2)22-26-10-17(11-27-22)16-7-20(29(13-16)12-14-3-4-14)21(30)25-9-15-5-6-18(23)8-19(15)24;3-2(4,5)1(6)7/h5-8,10-11,13-14H,3-4,9,12H2,1-2H3,(H,25,30);(H,6,7). The lowest BCUT2D eigenvalue weighted by Crippen LogP contribution is -2.26. The van der Waals surface area contributed by atoms with Crippen molar-refractivity contribution in [3.8, 4) is 11.1 Å². The van der Waals surface area contributed by atoms with Gasteiger partial charge in [-0.25, -0.2) is 23.5 Å². The molecule has 37 heavy (non-hydrogen) atoms. The highest BCUT2D eigenvalue weighted by Gasteiger charge is 2.38. The molecule has 4 rings (SSSR count). The molecule has 0 radical (unpaired) electrons. The number of amides is 1. The van der Waals surface area contributed by atoms with Gasteiger partial charge in [0.15, 0.2) is 0 Å². The van der Waals surface area contributed by atoms with Gasteiger partial charge in [-0.3, -0.25) is 4.79 Å². The Labute approximate surface area is 208 Å². The van der Waals surface area contributed by atoms with Crippen LogP contribution in [0.3, 0.4) is 0 Å². The lowest BCUT2D eigenvalue weighted by Gasteiger charge is -2.10. The summed E-state index contributed by atoms with van der Waals surface area (Å²) in [4.78, 5) is 32.2. The van der Waals surface area contributed by atoms with Gasteiger partial charge >= 0.3 is 12.1 Å². The summed E-state index contributed by atoms with van der Waals surface area (Å²) in [6.45, 7) is 0.736. The molecule has 198 valence electrons. The molecule has 13 heteroatoms. The maximum absolute atomic E-state index is 13.9. The number of carboxylic acid groups (broad SMARTS) is 1. The van der Waals surface area contributed by atoms with Crippen LogP contribution < -0.4 is 10.2 Å². The van der Waals surface area contributed by atoms with E-state index in [2.05, 4.69) is 15.3 Å². The normalized spacial score (nSPS) is 12.9. The molecular weight excluding hydrogens is 501 g/mol. The fourth-order valence-corrected chi connectivity index (χ4v) is 3.22. The average Bonchev–Trinajstić information content (AvgIpc) is 3.54. The zero-order chi connectivity index (χ0) is 27.3. The summed E-state index contributed by atoms with van der Waals surface area (Å²) in [6, 6.07) is 5.12. The number of carbonyl (C=O) groups is 2. The minimum Gasteiger partial charge on any atom is -0.475 e. The first-order valence-corrected chi connectivity index (χ1v) is 11.1. The maximum Gasteiger partial charge on any atom is 0.490 e. The highest BCUT2D eigenvalue weighted by atomic mass is 19.4. The van der Waals surface area contributed by atoms with Gasteiger partial charge in [0.2, 0.25) is 5.95 Å². The molecule has 8 nitrogen and oxygen atoms in total. The topological polar surface area (TPSA) is 100 Å². The van der Waals surface area contributed by atoms with Crippen LogP contribution in [0.1, 0.15) is 28.9 Å². The zero-order valence-electron chi connectivity index (χ0n) is 19.9. The number of rotatable bonds is 7. The quantitative estimate of drug-likeness (QED) is 0.447. The summed E-state index contributed by atoms with van der Waals surface area (Å²) < 4.78 is 60.6. The van der Waals surface area contributed by atoms with E-state index < -0.39 is 23.8 Å².